The van der Waals surface area contributed by atoms with Crippen LogP contribution in [0, 0.1) is 13.8 Å². The van der Waals surface area contributed by atoms with Crippen molar-refractivity contribution in [3.8, 4) is 0 Å². The standard InChI is InChI=1S/C11H17N3O5S/c1-7-9(8(2)13-12-7)20(18,19)14-5-3-11(17,4-6-14)10(15)16/h17H,3-6H2,1-2H3,(H,12,13)(H,15,16). The number of aromatic nitrogens is 2. The maximum absolute atomic E-state index is 12.5. The summed E-state index contributed by atoms with van der Waals surface area (Å²) in [6.45, 7) is 3.14. The number of aryl methyl sites for hydroxylation is 2. The van der Waals surface area contributed by atoms with Gasteiger partial charge in [-0.05, 0) is 13.8 Å². The summed E-state index contributed by atoms with van der Waals surface area (Å²) >= 11 is 0. The summed E-state index contributed by atoms with van der Waals surface area (Å²) in [6, 6.07) is 0. The lowest BCUT2D eigenvalue weighted by atomic mass is 9.93. The molecule has 0 aliphatic carbocycles. The Morgan fingerprint density at radius 3 is 2.30 bits per heavy atom. The number of carbonyl (C=O) groups is 1. The first-order valence-corrected chi connectivity index (χ1v) is 7.60. The minimum Gasteiger partial charge on any atom is -0.479 e. The second-order valence-corrected chi connectivity index (χ2v) is 6.88. The maximum Gasteiger partial charge on any atom is 0.335 e. The van der Waals surface area contributed by atoms with Crippen molar-refractivity contribution in [2.75, 3.05) is 13.1 Å². The SMILES string of the molecule is Cc1n[nH]c(C)c1S(=O)(=O)N1CCC(O)(C(=O)O)CC1. The van der Waals surface area contributed by atoms with Gasteiger partial charge in [-0.3, -0.25) is 5.10 Å². The fourth-order valence-corrected chi connectivity index (χ4v) is 4.13. The van der Waals surface area contributed by atoms with Crippen LogP contribution in [0.2, 0.25) is 0 Å². The first-order chi connectivity index (χ1) is 9.18. The van der Waals surface area contributed by atoms with Crippen LogP contribution < -0.4 is 0 Å². The fourth-order valence-electron chi connectivity index (χ4n) is 2.36. The molecular weight excluding hydrogens is 286 g/mol. The van der Waals surface area contributed by atoms with Crippen molar-refractivity contribution in [2.45, 2.75) is 37.2 Å². The minimum absolute atomic E-state index is 0.0325. The normalized spacial score (nSPS) is 19.9. The van der Waals surface area contributed by atoms with Crippen LogP contribution in [0.1, 0.15) is 24.2 Å². The first-order valence-electron chi connectivity index (χ1n) is 6.16. The molecule has 1 aromatic heterocycles. The second-order valence-electron chi connectivity index (χ2n) is 5.00. The summed E-state index contributed by atoms with van der Waals surface area (Å²) in [7, 11) is -3.72. The number of H-pyrrole nitrogens is 1. The number of carboxylic acids is 1. The van der Waals surface area contributed by atoms with Crippen LogP contribution in [-0.4, -0.2) is 57.8 Å². The van der Waals surface area contributed by atoms with Crippen molar-refractivity contribution >= 4 is 16.0 Å². The number of sulfonamides is 1. The minimum atomic E-state index is -3.72. The number of rotatable bonds is 3. The summed E-state index contributed by atoms with van der Waals surface area (Å²) < 4.78 is 26.2. The van der Waals surface area contributed by atoms with Crippen molar-refractivity contribution in [3.63, 3.8) is 0 Å². The monoisotopic (exact) mass is 303 g/mol. The summed E-state index contributed by atoms with van der Waals surface area (Å²) in [5, 5.41) is 25.2. The predicted molar refractivity (Wildman–Crippen MR) is 68.6 cm³/mol. The Kier molecular flexibility index (Phi) is 3.61. The summed E-state index contributed by atoms with van der Waals surface area (Å²) in [6.07, 6.45) is -0.255. The molecule has 2 heterocycles. The molecule has 1 fully saturated rings. The van der Waals surface area contributed by atoms with Gasteiger partial charge in [-0.15, -0.1) is 0 Å². The number of nitrogens with one attached hydrogen (secondary N) is 1. The van der Waals surface area contributed by atoms with Crippen molar-refractivity contribution in [2.24, 2.45) is 0 Å². The zero-order valence-electron chi connectivity index (χ0n) is 11.3. The van der Waals surface area contributed by atoms with E-state index in [9.17, 15) is 18.3 Å². The average molecular weight is 303 g/mol. The molecule has 0 aromatic carbocycles. The topological polar surface area (TPSA) is 124 Å². The van der Waals surface area contributed by atoms with Gasteiger partial charge in [-0.25, -0.2) is 13.2 Å². The molecule has 0 atom stereocenters. The van der Waals surface area contributed by atoms with Gasteiger partial charge in [0.15, 0.2) is 5.60 Å². The Bertz CT molecular complexity index is 609. The molecule has 2 rings (SSSR count). The van der Waals surface area contributed by atoms with Crippen LogP contribution in [-0.2, 0) is 14.8 Å². The number of hydrogen-bond acceptors (Lipinski definition) is 5. The van der Waals surface area contributed by atoms with Crippen LogP contribution >= 0.6 is 0 Å². The van der Waals surface area contributed by atoms with Crippen molar-refractivity contribution in [1.82, 2.24) is 14.5 Å². The smallest absolute Gasteiger partial charge is 0.335 e. The summed E-state index contributed by atoms with van der Waals surface area (Å²) in [4.78, 5) is 11.1. The van der Waals surface area contributed by atoms with Gasteiger partial charge in [0.1, 0.15) is 4.90 Å². The van der Waals surface area contributed by atoms with Crippen LogP contribution in [0.15, 0.2) is 4.90 Å². The van der Waals surface area contributed by atoms with Crippen LogP contribution in [0.25, 0.3) is 0 Å². The molecule has 0 unspecified atom stereocenters. The third-order valence-corrected chi connectivity index (χ3v) is 5.77. The lowest BCUT2D eigenvalue weighted by Gasteiger charge is -2.34. The van der Waals surface area contributed by atoms with Crippen molar-refractivity contribution in [3.05, 3.63) is 11.4 Å². The number of hydrogen-bond donors (Lipinski definition) is 3. The zero-order valence-corrected chi connectivity index (χ0v) is 12.1. The molecule has 20 heavy (non-hydrogen) atoms. The Balaban J connectivity index is 2.25. The van der Waals surface area contributed by atoms with E-state index in [0.29, 0.717) is 11.4 Å². The van der Waals surface area contributed by atoms with Crippen LogP contribution in [0.3, 0.4) is 0 Å². The van der Waals surface area contributed by atoms with E-state index in [2.05, 4.69) is 10.2 Å². The van der Waals surface area contributed by atoms with E-state index in [1.54, 1.807) is 13.8 Å². The fraction of sp³-hybridized carbons (Fsp3) is 0.636. The number of nitrogens with zero attached hydrogens (tertiary/aromatic N) is 2. The van der Waals surface area contributed by atoms with Gasteiger partial charge < -0.3 is 10.2 Å². The third-order valence-electron chi connectivity index (χ3n) is 3.61. The molecule has 0 bridgehead atoms. The van der Waals surface area contributed by atoms with E-state index in [1.807, 2.05) is 0 Å². The molecule has 1 aliphatic rings. The molecule has 0 amide bonds. The summed E-state index contributed by atoms with van der Waals surface area (Å²) in [5.41, 5.74) is -1.02. The van der Waals surface area contributed by atoms with Gasteiger partial charge >= 0.3 is 5.97 Å². The average Bonchev–Trinajstić information content (AvgIpc) is 2.70. The number of piperidine rings is 1. The summed E-state index contributed by atoms with van der Waals surface area (Å²) in [5.74, 6) is -1.31. The highest BCUT2D eigenvalue weighted by Gasteiger charge is 2.43. The Morgan fingerprint density at radius 2 is 1.90 bits per heavy atom. The molecule has 0 spiro atoms. The maximum atomic E-state index is 12.5. The van der Waals surface area contributed by atoms with Gasteiger partial charge in [-0.1, -0.05) is 0 Å². The molecule has 0 radical (unpaired) electrons. The molecule has 1 saturated heterocycles. The lowest BCUT2D eigenvalue weighted by Crippen LogP contribution is -2.50. The van der Waals surface area contributed by atoms with Gasteiger partial charge in [0, 0.05) is 25.9 Å². The van der Waals surface area contributed by atoms with E-state index < -0.39 is 21.6 Å². The Labute approximate surface area is 116 Å². The largest absolute Gasteiger partial charge is 0.479 e. The van der Waals surface area contributed by atoms with Gasteiger partial charge in [0.2, 0.25) is 10.0 Å². The molecule has 112 valence electrons. The van der Waals surface area contributed by atoms with Gasteiger partial charge in [-0.2, -0.15) is 9.40 Å². The molecule has 3 N–H and O–H groups in total. The molecule has 8 nitrogen and oxygen atoms in total. The number of carboxylic acid groups (broad SMARTS) is 1. The molecule has 0 saturated carbocycles. The van der Waals surface area contributed by atoms with Crippen LogP contribution in [0.5, 0.6) is 0 Å². The molecule has 1 aliphatic heterocycles. The highest BCUT2D eigenvalue weighted by Crippen LogP contribution is 2.28. The van der Waals surface area contributed by atoms with E-state index in [-0.39, 0.29) is 30.8 Å². The zero-order chi connectivity index (χ0) is 15.1. The highest BCUT2D eigenvalue weighted by molar-refractivity contribution is 7.89. The van der Waals surface area contributed by atoms with Crippen molar-refractivity contribution < 1.29 is 23.4 Å². The Morgan fingerprint density at radius 1 is 1.35 bits per heavy atom. The van der Waals surface area contributed by atoms with E-state index in [4.69, 9.17) is 5.11 Å². The lowest BCUT2D eigenvalue weighted by molar-refractivity contribution is -0.162. The van der Waals surface area contributed by atoms with Gasteiger partial charge in [0.25, 0.3) is 0 Å². The van der Waals surface area contributed by atoms with Gasteiger partial charge in [0.05, 0.1) is 11.4 Å². The molecule has 9 heteroatoms. The number of aliphatic carboxylic acids is 1. The molecular formula is C11H17N3O5S. The predicted octanol–water partition coefficient (Wildman–Crippen LogP) is -0.373. The first kappa shape index (κ1) is 14.9. The quantitative estimate of drug-likeness (QED) is 0.699. The highest BCUT2D eigenvalue weighted by atomic mass is 32.2. The second kappa shape index (κ2) is 4.83. The van der Waals surface area contributed by atoms with Crippen molar-refractivity contribution in [1.29, 1.82) is 0 Å². The van der Waals surface area contributed by atoms with E-state index >= 15 is 0 Å². The number of aromatic amines is 1. The third kappa shape index (κ3) is 2.32. The number of aliphatic hydroxyl groups is 1. The van der Waals surface area contributed by atoms with E-state index in [1.165, 1.54) is 4.31 Å². The Hall–Kier alpha value is -1.45. The molecule has 1 aromatic rings. The van der Waals surface area contributed by atoms with E-state index in [0.717, 1.165) is 0 Å². The van der Waals surface area contributed by atoms with Crippen LogP contribution in [0.4, 0.5) is 0 Å².